The summed E-state index contributed by atoms with van der Waals surface area (Å²) in [4.78, 5) is 24.9. The maximum Gasteiger partial charge on any atom is 0.323 e. The molecule has 0 saturated heterocycles. The molecule has 1 aromatic rings. The van der Waals surface area contributed by atoms with Gasteiger partial charge in [-0.05, 0) is 29.9 Å². The molecule has 0 spiro atoms. The Morgan fingerprint density at radius 3 is 2.25 bits per heavy atom. The van der Waals surface area contributed by atoms with Crippen LogP contribution in [0.5, 0.6) is 0 Å². The number of hydrogen-bond acceptors (Lipinski definition) is 4. The summed E-state index contributed by atoms with van der Waals surface area (Å²) in [6.45, 7) is 2.14. The number of methoxy groups -OCH3 is 2. The van der Waals surface area contributed by atoms with E-state index < -0.39 is 17.4 Å². The standard InChI is InChI=1S/C20H22O4/c1-13-9-10-15-11-20(18(21)23-2,19(22)24-3)12-16(15)17(13)14-7-5-4-6-8-14/h4-10,13,15H,11-12H2,1-3H3/t13-,15-/m1/s1. The van der Waals surface area contributed by atoms with E-state index in [4.69, 9.17) is 9.47 Å². The minimum Gasteiger partial charge on any atom is -0.468 e. The Labute approximate surface area is 142 Å². The summed E-state index contributed by atoms with van der Waals surface area (Å²) >= 11 is 0. The van der Waals surface area contributed by atoms with Gasteiger partial charge in [0.25, 0.3) is 0 Å². The normalized spacial score (nSPS) is 24.5. The van der Waals surface area contributed by atoms with E-state index in [2.05, 4.69) is 31.2 Å². The highest BCUT2D eigenvalue weighted by Gasteiger charge is 2.56. The van der Waals surface area contributed by atoms with Crippen LogP contribution in [-0.4, -0.2) is 26.2 Å². The van der Waals surface area contributed by atoms with Gasteiger partial charge in [-0.2, -0.15) is 0 Å². The molecule has 3 rings (SSSR count). The van der Waals surface area contributed by atoms with Crippen molar-refractivity contribution < 1.29 is 19.1 Å². The van der Waals surface area contributed by atoms with E-state index in [1.807, 2.05) is 18.2 Å². The van der Waals surface area contributed by atoms with Gasteiger partial charge in [0.1, 0.15) is 0 Å². The number of rotatable bonds is 3. The number of fused-ring (bicyclic) bond motifs is 1. The number of benzene rings is 1. The third-order valence-electron chi connectivity index (χ3n) is 5.18. The van der Waals surface area contributed by atoms with E-state index in [0.29, 0.717) is 12.8 Å². The molecule has 4 heteroatoms. The van der Waals surface area contributed by atoms with Crippen molar-refractivity contribution in [2.45, 2.75) is 19.8 Å². The van der Waals surface area contributed by atoms with E-state index in [0.717, 1.165) is 11.1 Å². The minimum atomic E-state index is -1.24. The van der Waals surface area contributed by atoms with Crippen molar-refractivity contribution in [1.29, 1.82) is 0 Å². The number of carbonyl (C=O) groups is 2. The monoisotopic (exact) mass is 326 g/mol. The van der Waals surface area contributed by atoms with Crippen molar-refractivity contribution >= 4 is 17.5 Å². The molecular formula is C20H22O4. The van der Waals surface area contributed by atoms with E-state index in [1.54, 1.807) is 0 Å². The Hall–Kier alpha value is -2.36. The Morgan fingerprint density at radius 1 is 1.04 bits per heavy atom. The van der Waals surface area contributed by atoms with Crippen LogP contribution >= 0.6 is 0 Å². The molecule has 1 aromatic carbocycles. The molecule has 1 fully saturated rings. The van der Waals surface area contributed by atoms with Crippen LogP contribution in [0.25, 0.3) is 5.57 Å². The van der Waals surface area contributed by atoms with Crippen LogP contribution in [0.15, 0.2) is 48.1 Å². The predicted octanol–water partition coefficient (Wildman–Crippen LogP) is 3.39. The van der Waals surface area contributed by atoms with Crippen molar-refractivity contribution in [2.24, 2.45) is 17.3 Å². The highest BCUT2D eigenvalue weighted by molar-refractivity contribution is 6.01. The van der Waals surface area contributed by atoms with Crippen molar-refractivity contribution in [3.05, 3.63) is 53.6 Å². The fourth-order valence-electron chi connectivity index (χ4n) is 4.05. The second-order valence-electron chi connectivity index (χ2n) is 6.53. The summed E-state index contributed by atoms with van der Waals surface area (Å²) in [6, 6.07) is 10.1. The fourth-order valence-corrected chi connectivity index (χ4v) is 4.05. The Bertz CT molecular complexity index is 698. The van der Waals surface area contributed by atoms with Gasteiger partial charge >= 0.3 is 11.9 Å². The van der Waals surface area contributed by atoms with E-state index in [-0.39, 0.29) is 11.8 Å². The zero-order valence-corrected chi connectivity index (χ0v) is 14.2. The van der Waals surface area contributed by atoms with Crippen LogP contribution in [-0.2, 0) is 19.1 Å². The first kappa shape index (κ1) is 16.5. The van der Waals surface area contributed by atoms with E-state index in [1.165, 1.54) is 19.8 Å². The molecule has 0 N–H and O–H groups in total. The van der Waals surface area contributed by atoms with Crippen LogP contribution in [0, 0.1) is 17.3 Å². The summed E-state index contributed by atoms with van der Waals surface area (Å²) in [7, 11) is 2.64. The van der Waals surface area contributed by atoms with Gasteiger partial charge in [0.2, 0.25) is 0 Å². The molecular weight excluding hydrogens is 304 g/mol. The van der Waals surface area contributed by atoms with Crippen molar-refractivity contribution in [1.82, 2.24) is 0 Å². The molecule has 2 atom stereocenters. The van der Waals surface area contributed by atoms with Crippen molar-refractivity contribution in [3.63, 3.8) is 0 Å². The number of ether oxygens (including phenoxy) is 2. The molecule has 24 heavy (non-hydrogen) atoms. The zero-order chi connectivity index (χ0) is 17.3. The van der Waals surface area contributed by atoms with Gasteiger partial charge in [0.05, 0.1) is 14.2 Å². The quantitative estimate of drug-likeness (QED) is 0.485. The summed E-state index contributed by atoms with van der Waals surface area (Å²) in [6.07, 6.45) is 5.03. The highest BCUT2D eigenvalue weighted by Crippen LogP contribution is 2.53. The van der Waals surface area contributed by atoms with Crippen LogP contribution in [0.1, 0.15) is 25.3 Å². The first-order chi connectivity index (χ1) is 11.5. The summed E-state index contributed by atoms with van der Waals surface area (Å²) in [5.41, 5.74) is 2.25. The lowest BCUT2D eigenvalue weighted by atomic mass is 9.81. The SMILES string of the molecule is COC(=O)C1(C(=O)OC)CC2=C(c3ccccc3)[C@H](C)C=C[C@@H]2C1. The molecule has 0 radical (unpaired) electrons. The minimum absolute atomic E-state index is 0.0645. The topological polar surface area (TPSA) is 52.6 Å². The van der Waals surface area contributed by atoms with Crippen molar-refractivity contribution in [2.75, 3.05) is 14.2 Å². The Kier molecular flexibility index (Phi) is 4.31. The van der Waals surface area contributed by atoms with Gasteiger partial charge in [0.15, 0.2) is 5.41 Å². The van der Waals surface area contributed by atoms with Gasteiger partial charge in [-0.3, -0.25) is 9.59 Å². The number of hydrogen-bond donors (Lipinski definition) is 0. The third kappa shape index (κ3) is 2.46. The molecule has 0 amide bonds. The van der Waals surface area contributed by atoms with Gasteiger partial charge in [-0.15, -0.1) is 0 Å². The Morgan fingerprint density at radius 2 is 1.67 bits per heavy atom. The lowest BCUT2D eigenvalue weighted by molar-refractivity contribution is -0.168. The molecule has 0 aromatic heterocycles. The molecule has 4 nitrogen and oxygen atoms in total. The molecule has 0 heterocycles. The molecule has 126 valence electrons. The highest BCUT2D eigenvalue weighted by atomic mass is 16.5. The first-order valence-corrected chi connectivity index (χ1v) is 8.17. The second kappa shape index (κ2) is 6.27. The maximum atomic E-state index is 12.4. The average molecular weight is 326 g/mol. The number of allylic oxidation sites excluding steroid dienone is 4. The molecule has 2 aliphatic carbocycles. The lowest BCUT2D eigenvalue weighted by Gasteiger charge is -2.24. The fraction of sp³-hybridized carbons (Fsp3) is 0.400. The van der Waals surface area contributed by atoms with Crippen LogP contribution in [0.4, 0.5) is 0 Å². The lowest BCUT2D eigenvalue weighted by Crippen LogP contribution is -2.39. The number of esters is 2. The van der Waals surface area contributed by atoms with Gasteiger partial charge in [-0.1, -0.05) is 55.0 Å². The van der Waals surface area contributed by atoms with Gasteiger partial charge in [-0.25, -0.2) is 0 Å². The molecule has 0 unspecified atom stereocenters. The first-order valence-electron chi connectivity index (χ1n) is 8.17. The van der Waals surface area contributed by atoms with E-state index >= 15 is 0 Å². The largest absolute Gasteiger partial charge is 0.468 e. The third-order valence-corrected chi connectivity index (χ3v) is 5.18. The zero-order valence-electron chi connectivity index (χ0n) is 14.2. The molecule has 2 aliphatic rings. The van der Waals surface area contributed by atoms with Crippen LogP contribution in [0.3, 0.4) is 0 Å². The smallest absolute Gasteiger partial charge is 0.323 e. The molecule has 0 aliphatic heterocycles. The van der Waals surface area contributed by atoms with Crippen LogP contribution in [0.2, 0.25) is 0 Å². The van der Waals surface area contributed by atoms with E-state index in [9.17, 15) is 9.59 Å². The summed E-state index contributed by atoms with van der Waals surface area (Å²) in [5.74, 6) is -0.714. The average Bonchev–Trinajstić information content (AvgIpc) is 3.01. The predicted molar refractivity (Wildman–Crippen MR) is 90.9 cm³/mol. The Balaban J connectivity index is 2.12. The van der Waals surface area contributed by atoms with Crippen molar-refractivity contribution in [3.8, 4) is 0 Å². The van der Waals surface area contributed by atoms with Crippen LogP contribution < -0.4 is 0 Å². The number of carbonyl (C=O) groups excluding carboxylic acids is 2. The molecule has 1 saturated carbocycles. The summed E-state index contributed by atoms with van der Waals surface area (Å²) in [5, 5.41) is 0. The van der Waals surface area contributed by atoms with Gasteiger partial charge in [0, 0.05) is 5.92 Å². The molecule has 0 bridgehead atoms. The second-order valence-corrected chi connectivity index (χ2v) is 6.53. The maximum absolute atomic E-state index is 12.4. The summed E-state index contributed by atoms with van der Waals surface area (Å²) < 4.78 is 9.90. The van der Waals surface area contributed by atoms with Gasteiger partial charge < -0.3 is 9.47 Å².